The number of halogens is 4. The van der Waals surface area contributed by atoms with Crippen molar-refractivity contribution in [2.45, 2.75) is 38.0 Å². The molecule has 2 aliphatic rings. The van der Waals surface area contributed by atoms with Crippen molar-refractivity contribution >= 4 is 29.1 Å². The van der Waals surface area contributed by atoms with Gasteiger partial charge in [-0.2, -0.15) is 13.2 Å². The minimum absolute atomic E-state index is 0.0260. The molecule has 1 unspecified atom stereocenters. The van der Waals surface area contributed by atoms with Crippen molar-refractivity contribution in [1.82, 2.24) is 5.32 Å². The van der Waals surface area contributed by atoms with Gasteiger partial charge in [0.05, 0.1) is 22.4 Å². The first-order valence-electron chi connectivity index (χ1n) is 8.30. The van der Waals surface area contributed by atoms with E-state index in [0.29, 0.717) is 26.0 Å². The van der Waals surface area contributed by atoms with Crippen molar-refractivity contribution in [2.24, 2.45) is 5.41 Å². The number of amides is 2. The molecule has 1 aliphatic carbocycles. The van der Waals surface area contributed by atoms with Gasteiger partial charge in [0.2, 0.25) is 11.8 Å². The van der Waals surface area contributed by atoms with Crippen LogP contribution in [0.15, 0.2) is 18.2 Å². The predicted molar refractivity (Wildman–Crippen MR) is 88.7 cm³/mol. The van der Waals surface area contributed by atoms with Gasteiger partial charge < -0.3 is 15.4 Å². The lowest BCUT2D eigenvalue weighted by molar-refractivity contribution is -0.138. The molecule has 1 heterocycles. The molecule has 3 rings (SSSR count). The van der Waals surface area contributed by atoms with Crippen molar-refractivity contribution in [1.29, 1.82) is 0 Å². The van der Waals surface area contributed by atoms with E-state index in [2.05, 4.69) is 10.6 Å². The summed E-state index contributed by atoms with van der Waals surface area (Å²) in [5.41, 5.74) is -2.34. The van der Waals surface area contributed by atoms with Gasteiger partial charge in [-0.25, -0.2) is 0 Å². The fraction of sp³-hybridized carbons (Fsp3) is 0.529. The van der Waals surface area contributed by atoms with Gasteiger partial charge in [-0.1, -0.05) is 11.6 Å². The van der Waals surface area contributed by atoms with Crippen LogP contribution in [0.5, 0.6) is 0 Å². The average molecular weight is 391 g/mol. The Bertz CT molecular complexity index is 714. The van der Waals surface area contributed by atoms with Crippen LogP contribution >= 0.6 is 11.6 Å². The van der Waals surface area contributed by atoms with E-state index >= 15 is 0 Å². The van der Waals surface area contributed by atoms with Gasteiger partial charge >= 0.3 is 6.18 Å². The molecule has 2 amide bonds. The molecule has 1 aromatic carbocycles. The first-order chi connectivity index (χ1) is 12.2. The number of ether oxygens (including phenoxy) is 1. The van der Waals surface area contributed by atoms with E-state index in [1.165, 1.54) is 0 Å². The third-order valence-electron chi connectivity index (χ3n) is 4.68. The van der Waals surface area contributed by atoms with E-state index in [-0.39, 0.29) is 16.8 Å². The number of benzene rings is 1. The van der Waals surface area contributed by atoms with Crippen LogP contribution in [0.3, 0.4) is 0 Å². The Morgan fingerprint density at radius 3 is 2.58 bits per heavy atom. The lowest BCUT2D eigenvalue weighted by Crippen LogP contribution is -2.42. The second-order valence-corrected chi connectivity index (χ2v) is 6.98. The number of rotatable bonds is 5. The van der Waals surface area contributed by atoms with E-state index < -0.39 is 29.0 Å². The maximum absolute atomic E-state index is 12.8. The van der Waals surface area contributed by atoms with Crippen LogP contribution in [0, 0.1) is 5.41 Å². The minimum Gasteiger partial charge on any atom is -0.376 e. The van der Waals surface area contributed by atoms with Gasteiger partial charge in [0, 0.05) is 13.2 Å². The molecule has 2 N–H and O–H groups in total. The predicted octanol–water partition coefficient (Wildman–Crippen LogP) is 3.37. The minimum atomic E-state index is -4.56. The van der Waals surface area contributed by atoms with Crippen molar-refractivity contribution in [3.05, 3.63) is 28.8 Å². The van der Waals surface area contributed by atoms with Gasteiger partial charge in [0.15, 0.2) is 0 Å². The van der Waals surface area contributed by atoms with Crippen LogP contribution in [0.2, 0.25) is 5.02 Å². The maximum atomic E-state index is 12.8. The van der Waals surface area contributed by atoms with Gasteiger partial charge in [0.1, 0.15) is 5.41 Å². The Morgan fingerprint density at radius 2 is 2.00 bits per heavy atom. The van der Waals surface area contributed by atoms with Gasteiger partial charge in [-0.15, -0.1) is 0 Å². The molecule has 2 fully saturated rings. The van der Waals surface area contributed by atoms with Gasteiger partial charge in [-0.05, 0) is 43.9 Å². The Morgan fingerprint density at radius 1 is 1.27 bits per heavy atom. The normalized spacial score (nSPS) is 21.3. The van der Waals surface area contributed by atoms with Crippen LogP contribution < -0.4 is 10.6 Å². The van der Waals surface area contributed by atoms with Crippen LogP contribution in [-0.4, -0.2) is 31.1 Å². The lowest BCUT2D eigenvalue weighted by atomic mass is 10.0. The summed E-state index contributed by atoms with van der Waals surface area (Å²) in [5.74, 6) is -1.09. The Labute approximate surface area is 153 Å². The summed E-state index contributed by atoms with van der Waals surface area (Å²) in [5, 5.41) is 5.05. The summed E-state index contributed by atoms with van der Waals surface area (Å²) in [4.78, 5) is 24.9. The summed E-state index contributed by atoms with van der Waals surface area (Å²) in [6.07, 6.45) is -2.16. The molecule has 0 aromatic heterocycles. The highest BCUT2D eigenvalue weighted by molar-refractivity contribution is 6.34. The zero-order chi connectivity index (χ0) is 18.9. The van der Waals surface area contributed by atoms with Crippen molar-refractivity contribution < 1.29 is 27.5 Å². The summed E-state index contributed by atoms with van der Waals surface area (Å²) in [6.45, 7) is 0.971. The molecular weight excluding hydrogens is 373 g/mol. The van der Waals surface area contributed by atoms with Crippen molar-refractivity contribution in [3.8, 4) is 0 Å². The van der Waals surface area contributed by atoms with Crippen LogP contribution in [0.4, 0.5) is 18.9 Å². The number of hydrogen-bond donors (Lipinski definition) is 2. The summed E-state index contributed by atoms with van der Waals surface area (Å²) >= 11 is 5.89. The number of anilines is 1. The standard InChI is InChI=1S/C17H18ClF3N2O3/c18-12-4-3-10(17(19,20)21)8-13(12)23-15(25)16(5-6-16)14(24)22-9-11-2-1-7-26-11/h3-4,8,11H,1-2,5-7,9H2,(H,22,24)(H,23,25). The SMILES string of the molecule is O=C(NCC1CCCO1)C1(C(=O)Nc2cc(C(F)(F)F)ccc2Cl)CC1. The molecule has 1 atom stereocenters. The number of hydrogen-bond acceptors (Lipinski definition) is 3. The van der Waals surface area contributed by atoms with Crippen LogP contribution in [0.25, 0.3) is 0 Å². The molecule has 5 nitrogen and oxygen atoms in total. The van der Waals surface area contributed by atoms with E-state index in [1.54, 1.807) is 0 Å². The molecular formula is C17H18ClF3N2O3. The molecule has 0 radical (unpaired) electrons. The molecule has 0 bridgehead atoms. The molecule has 1 saturated heterocycles. The smallest absolute Gasteiger partial charge is 0.376 e. The molecule has 142 valence electrons. The highest BCUT2D eigenvalue weighted by atomic mass is 35.5. The summed E-state index contributed by atoms with van der Waals surface area (Å²) in [7, 11) is 0. The van der Waals surface area contributed by atoms with E-state index in [0.717, 1.165) is 31.0 Å². The number of alkyl halides is 3. The van der Waals surface area contributed by atoms with Crippen LogP contribution in [-0.2, 0) is 20.5 Å². The highest BCUT2D eigenvalue weighted by Crippen LogP contribution is 2.47. The fourth-order valence-electron chi connectivity index (χ4n) is 2.90. The maximum Gasteiger partial charge on any atom is 0.416 e. The third kappa shape index (κ3) is 3.96. The largest absolute Gasteiger partial charge is 0.416 e. The summed E-state index contributed by atoms with van der Waals surface area (Å²) < 4.78 is 43.9. The van der Waals surface area contributed by atoms with Crippen LogP contribution in [0.1, 0.15) is 31.2 Å². The molecule has 26 heavy (non-hydrogen) atoms. The molecule has 1 aliphatic heterocycles. The second-order valence-electron chi connectivity index (χ2n) is 6.57. The van der Waals surface area contributed by atoms with Gasteiger partial charge in [0.25, 0.3) is 0 Å². The molecule has 1 aromatic rings. The number of nitrogens with one attached hydrogen (secondary N) is 2. The van der Waals surface area contributed by atoms with Crippen molar-refractivity contribution in [3.63, 3.8) is 0 Å². The summed E-state index contributed by atoms with van der Waals surface area (Å²) in [6, 6.07) is 2.66. The van der Waals surface area contributed by atoms with E-state index in [1.807, 2.05) is 0 Å². The lowest BCUT2D eigenvalue weighted by Gasteiger charge is -2.18. The van der Waals surface area contributed by atoms with E-state index in [4.69, 9.17) is 16.3 Å². The van der Waals surface area contributed by atoms with E-state index in [9.17, 15) is 22.8 Å². The van der Waals surface area contributed by atoms with Crippen molar-refractivity contribution in [2.75, 3.05) is 18.5 Å². The molecule has 1 saturated carbocycles. The first kappa shape index (κ1) is 19.0. The fourth-order valence-corrected chi connectivity index (χ4v) is 3.07. The molecule has 0 spiro atoms. The zero-order valence-electron chi connectivity index (χ0n) is 13.8. The Balaban J connectivity index is 1.66. The zero-order valence-corrected chi connectivity index (χ0v) is 14.5. The molecule has 9 heteroatoms. The van der Waals surface area contributed by atoms with Gasteiger partial charge in [-0.3, -0.25) is 9.59 Å². The first-order valence-corrected chi connectivity index (χ1v) is 8.68. The Kier molecular flexibility index (Phi) is 5.16. The topological polar surface area (TPSA) is 67.4 Å². The second kappa shape index (κ2) is 7.08. The third-order valence-corrected chi connectivity index (χ3v) is 5.01. The highest BCUT2D eigenvalue weighted by Gasteiger charge is 2.56. The number of carbonyl (C=O) groups is 2. The Hall–Kier alpha value is -1.80. The average Bonchev–Trinajstić information content (AvgIpc) is 3.23. The monoisotopic (exact) mass is 390 g/mol. The quantitative estimate of drug-likeness (QED) is 0.757. The number of carbonyl (C=O) groups excluding carboxylic acids is 2.